The summed E-state index contributed by atoms with van der Waals surface area (Å²) in [5.74, 6) is -0.709. The Kier molecular flexibility index (Phi) is 5.18. The molecule has 2 rings (SSSR count). The number of hydrogen-bond acceptors (Lipinski definition) is 4. The minimum absolute atomic E-state index is 0.0137. The van der Waals surface area contributed by atoms with Crippen molar-refractivity contribution in [2.24, 2.45) is 10.9 Å². The zero-order valence-corrected chi connectivity index (χ0v) is 11.6. The first-order valence-corrected chi connectivity index (χ1v) is 6.81. The van der Waals surface area contributed by atoms with Crippen LogP contribution in [0.2, 0.25) is 0 Å². The number of methoxy groups -OCH3 is 1. The molecule has 0 radical (unpaired) electrons. The lowest BCUT2D eigenvalue weighted by Gasteiger charge is -2.24. The lowest BCUT2D eigenvalue weighted by Crippen LogP contribution is -2.33. The summed E-state index contributed by atoms with van der Waals surface area (Å²) in [6.07, 6.45) is 2.32. The second kappa shape index (κ2) is 7.10. The van der Waals surface area contributed by atoms with Gasteiger partial charge in [0.25, 0.3) is 0 Å². The number of carbonyl (C=O) groups is 2. The first-order valence-electron chi connectivity index (χ1n) is 6.81. The fraction of sp³-hybridized carbons (Fsp3) is 0.438. The van der Waals surface area contributed by atoms with E-state index in [0.29, 0.717) is 26.0 Å². The predicted octanol–water partition coefficient (Wildman–Crippen LogP) is 2.04. The lowest BCUT2D eigenvalue weighted by molar-refractivity contribution is -0.133. The molecule has 0 amide bonds. The highest BCUT2D eigenvalue weighted by Crippen LogP contribution is 2.31. The molecule has 1 saturated carbocycles. The summed E-state index contributed by atoms with van der Waals surface area (Å²) in [6.45, 7) is 0.980. The fourth-order valence-corrected chi connectivity index (χ4v) is 2.44. The number of nitrogens with zero attached hydrogens (tertiary/aromatic N) is 1. The van der Waals surface area contributed by atoms with Crippen molar-refractivity contribution in [1.82, 2.24) is 0 Å². The molecule has 1 fully saturated rings. The molecule has 1 aromatic carbocycles. The Balaban J connectivity index is 2.00. The van der Waals surface area contributed by atoms with E-state index in [1.54, 1.807) is 7.11 Å². The smallest absolute Gasteiger partial charge is 0.149 e. The largest absolute Gasteiger partial charge is 0.383 e. The SMILES string of the molecule is COCCN=CC1C(=O)CC(c2ccccc2)CC1=O. The maximum Gasteiger partial charge on any atom is 0.149 e. The van der Waals surface area contributed by atoms with Gasteiger partial charge in [-0.25, -0.2) is 0 Å². The van der Waals surface area contributed by atoms with Crippen LogP contribution in [0.25, 0.3) is 0 Å². The number of ketones is 2. The topological polar surface area (TPSA) is 55.7 Å². The molecule has 0 bridgehead atoms. The third kappa shape index (κ3) is 3.61. The molecule has 1 aromatic rings. The molecule has 1 aliphatic rings. The molecular weight excluding hydrogens is 254 g/mol. The molecule has 0 aromatic heterocycles. The van der Waals surface area contributed by atoms with E-state index in [4.69, 9.17) is 4.74 Å². The molecule has 0 unspecified atom stereocenters. The first kappa shape index (κ1) is 14.6. The van der Waals surface area contributed by atoms with Gasteiger partial charge in [-0.05, 0) is 11.5 Å². The fourth-order valence-electron chi connectivity index (χ4n) is 2.44. The van der Waals surface area contributed by atoms with E-state index in [1.807, 2.05) is 30.3 Å². The molecule has 0 aliphatic heterocycles. The number of ether oxygens (including phenoxy) is 1. The maximum absolute atomic E-state index is 12.1. The Morgan fingerprint density at radius 3 is 2.45 bits per heavy atom. The highest BCUT2D eigenvalue weighted by Gasteiger charge is 2.34. The number of rotatable bonds is 5. The second-order valence-corrected chi connectivity index (χ2v) is 4.97. The van der Waals surface area contributed by atoms with Gasteiger partial charge in [-0.15, -0.1) is 0 Å². The van der Waals surface area contributed by atoms with Crippen LogP contribution in [0.1, 0.15) is 24.3 Å². The molecule has 0 heterocycles. The minimum atomic E-state index is -0.660. The van der Waals surface area contributed by atoms with Crippen molar-refractivity contribution < 1.29 is 14.3 Å². The zero-order valence-electron chi connectivity index (χ0n) is 11.6. The molecule has 106 valence electrons. The van der Waals surface area contributed by atoms with Gasteiger partial charge < -0.3 is 4.74 Å². The Morgan fingerprint density at radius 2 is 1.85 bits per heavy atom. The van der Waals surface area contributed by atoms with Crippen LogP contribution in [-0.4, -0.2) is 38.0 Å². The molecule has 4 nitrogen and oxygen atoms in total. The van der Waals surface area contributed by atoms with Crippen LogP contribution in [-0.2, 0) is 14.3 Å². The van der Waals surface area contributed by atoms with Gasteiger partial charge in [0.15, 0.2) is 0 Å². The summed E-state index contributed by atoms with van der Waals surface area (Å²) in [7, 11) is 1.59. The summed E-state index contributed by atoms with van der Waals surface area (Å²) in [6, 6.07) is 9.74. The molecule has 0 N–H and O–H groups in total. The Labute approximate surface area is 118 Å². The maximum atomic E-state index is 12.1. The average molecular weight is 273 g/mol. The van der Waals surface area contributed by atoms with Crippen LogP contribution in [0.15, 0.2) is 35.3 Å². The lowest BCUT2D eigenvalue weighted by atomic mass is 9.77. The third-order valence-corrected chi connectivity index (χ3v) is 3.54. The van der Waals surface area contributed by atoms with Gasteiger partial charge in [0.2, 0.25) is 0 Å². The van der Waals surface area contributed by atoms with Crippen molar-refractivity contribution in [2.75, 3.05) is 20.3 Å². The average Bonchev–Trinajstić information content (AvgIpc) is 2.46. The summed E-state index contributed by atoms with van der Waals surface area (Å²) in [5, 5.41) is 0. The quantitative estimate of drug-likeness (QED) is 0.468. The van der Waals surface area contributed by atoms with Gasteiger partial charge in [-0.3, -0.25) is 14.6 Å². The molecular formula is C16H19NO3. The molecule has 1 aliphatic carbocycles. The summed E-state index contributed by atoms with van der Waals surface area (Å²) in [5.41, 5.74) is 1.06. The van der Waals surface area contributed by atoms with Crippen LogP contribution in [0.3, 0.4) is 0 Å². The Morgan fingerprint density at radius 1 is 1.20 bits per heavy atom. The zero-order chi connectivity index (χ0) is 14.4. The van der Waals surface area contributed by atoms with Crippen LogP contribution >= 0.6 is 0 Å². The number of hydrogen-bond donors (Lipinski definition) is 0. The molecule has 0 spiro atoms. The standard InChI is InChI=1S/C16H19NO3/c1-20-8-7-17-11-14-15(18)9-13(10-16(14)19)12-5-3-2-4-6-12/h2-6,11,13-14H,7-10H2,1H3. The van der Waals surface area contributed by atoms with E-state index >= 15 is 0 Å². The van der Waals surface area contributed by atoms with Crippen molar-refractivity contribution in [3.8, 4) is 0 Å². The molecule has 20 heavy (non-hydrogen) atoms. The number of aliphatic imine (C=N–C) groups is 1. The van der Waals surface area contributed by atoms with Gasteiger partial charge in [0.1, 0.15) is 17.5 Å². The van der Waals surface area contributed by atoms with Crippen molar-refractivity contribution >= 4 is 17.8 Å². The normalized spacial score (nSPS) is 23.4. The van der Waals surface area contributed by atoms with Crippen LogP contribution < -0.4 is 0 Å². The molecule has 0 atom stereocenters. The third-order valence-electron chi connectivity index (χ3n) is 3.54. The highest BCUT2D eigenvalue weighted by molar-refractivity contribution is 6.16. The molecule has 0 saturated heterocycles. The van der Waals surface area contributed by atoms with Crippen molar-refractivity contribution in [1.29, 1.82) is 0 Å². The van der Waals surface area contributed by atoms with Crippen molar-refractivity contribution in [3.63, 3.8) is 0 Å². The summed E-state index contributed by atoms with van der Waals surface area (Å²) >= 11 is 0. The monoisotopic (exact) mass is 273 g/mol. The van der Waals surface area contributed by atoms with Crippen LogP contribution in [0.5, 0.6) is 0 Å². The number of benzene rings is 1. The first-order chi connectivity index (χ1) is 9.72. The van der Waals surface area contributed by atoms with E-state index in [9.17, 15) is 9.59 Å². The van der Waals surface area contributed by atoms with Crippen molar-refractivity contribution in [2.45, 2.75) is 18.8 Å². The Bertz CT molecular complexity index is 478. The summed E-state index contributed by atoms with van der Waals surface area (Å²) < 4.78 is 4.88. The van der Waals surface area contributed by atoms with Gasteiger partial charge in [-0.1, -0.05) is 30.3 Å². The van der Waals surface area contributed by atoms with Gasteiger partial charge in [-0.2, -0.15) is 0 Å². The van der Waals surface area contributed by atoms with E-state index in [1.165, 1.54) is 6.21 Å². The van der Waals surface area contributed by atoms with E-state index in [-0.39, 0.29) is 17.5 Å². The van der Waals surface area contributed by atoms with Crippen LogP contribution in [0.4, 0.5) is 0 Å². The number of Topliss-reactive ketones (excluding diaryl/α,β-unsaturated/α-hetero) is 2. The predicted molar refractivity (Wildman–Crippen MR) is 77.2 cm³/mol. The molecule has 4 heteroatoms. The van der Waals surface area contributed by atoms with Gasteiger partial charge >= 0.3 is 0 Å². The second-order valence-electron chi connectivity index (χ2n) is 4.97. The van der Waals surface area contributed by atoms with E-state index in [2.05, 4.69) is 4.99 Å². The minimum Gasteiger partial charge on any atom is -0.383 e. The van der Waals surface area contributed by atoms with Crippen molar-refractivity contribution in [3.05, 3.63) is 35.9 Å². The van der Waals surface area contributed by atoms with E-state index < -0.39 is 5.92 Å². The number of carbonyl (C=O) groups excluding carboxylic acids is 2. The van der Waals surface area contributed by atoms with Gasteiger partial charge in [0, 0.05) is 26.2 Å². The van der Waals surface area contributed by atoms with E-state index in [0.717, 1.165) is 5.56 Å². The highest BCUT2D eigenvalue weighted by atomic mass is 16.5. The van der Waals surface area contributed by atoms with Gasteiger partial charge in [0.05, 0.1) is 13.2 Å². The van der Waals surface area contributed by atoms with Crippen LogP contribution in [0, 0.1) is 5.92 Å². The summed E-state index contributed by atoms with van der Waals surface area (Å²) in [4.78, 5) is 28.3. The Hall–Kier alpha value is -1.81.